The number of hydrogen-bond donors (Lipinski definition) is 0. The molecule has 1 heterocycles. The maximum atomic E-state index is 12.0. The molecule has 3 aliphatic carbocycles. The molecule has 4 rings (SSSR count). The number of nitro groups is 3. The quantitative estimate of drug-likeness (QED) is 0.247. The summed E-state index contributed by atoms with van der Waals surface area (Å²) in [4.78, 5) is 45.4. The van der Waals surface area contributed by atoms with Crippen LogP contribution in [-0.4, -0.2) is 42.5 Å². The van der Waals surface area contributed by atoms with E-state index >= 15 is 0 Å². The van der Waals surface area contributed by atoms with E-state index in [1.165, 1.54) is 0 Å². The Morgan fingerprint density at radius 1 is 0.967 bits per heavy atom. The number of nitrogens with zero attached hydrogens (tertiary/aromatic N) is 4. The van der Waals surface area contributed by atoms with Crippen LogP contribution in [0.1, 0.15) is 71.6 Å². The first-order chi connectivity index (χ1) is 13.9. The van der Waals surface area contributed by atoms with E-state index in [2.05, 4.69) is 6.58 Å². The molecule has 3 saturated carbocycles. The zero-order valence-electron chi connectivity index (χ0n) is 17.1. The summed E-state index contributed by atoms with van der Waals surface area (Å²) in [7, 11) is 0. The van der Waals surface area contributed by atoms with Crippen molar-refractivity contribution >= 4 is 0 Å². The molecule has 1 atom stereocenters. The highest BCUT2D eigenvalue weighted by Crippen LogP contribution is 2.66. The topological polar surface area (TPSA) is 151 Å². The van der Waals surface area contributed by atoms with Crippen molar-refractivity contribution in [1.29, 1.82) is 0 Å². The normalized spacial score (nSPS) is 32.5. The van der Waals surface area contributed by atoms with Crippen molar-refractivity contribution in [1.82, 2.24) is 5.23 Å². The van der Waals surface area contributed by atoms with E-state index in [1.807, 2.05) is 0 Å². The SMILES string of the molecule is C=C(C)C1(C2(C)CC([N+](=O)[O-])([N+](=O)[O-])N(OC3(C4([N+](=O)[O-])CCC4)CCC3)O2)CC1. The minimum absolute atomic E-state index is 0.269. The fourth-order valence-electron chi connectivity index (χ4n) is 5.63. The van der Waals surface area contributed by atoms with Gasteiger partial charge in [0.1, 0.15) is 21.9 Å². The summed E-state index contributed by atoms with van der Waals surface area (Å²) >= 11 is 0. The fraction of sp³-hybridized carbons (Fsp3) is 0.889. The molecule has 1 aliphatic heterocycles. The molecule has 0 aromatic rings. The van der Waals surface area contributed by atoms with Gasteiger partial charge in [-0.25, -0.2) is 4.84 Å². The summed E-state index contributed by atoms with van der Waals surface area (Å²) < 4.78 is 0. The Morgan fingerprint density at radius 3 is 1.80 bits per heavy atom. The van der Waals surface area contributed by atoms with Gasteiger partial charge in [0.25, 0.3) is 5.54 Å². The monoisotopic (exact) mass is 426 g/mol. The van der Waals surface area contributed by atoms with Crippen LogP contribution in [0.15, 0.2) is 12.2 Å². The second-order valence-corrected chi connectivity index (χ2v) is 9.49. The first kappa shape index (κ1) is 21.1. The van der Waals surface area contributed by atoms with Gasteiger partial charge in [-0.3, -0.25) is 35.2 Å². The molecule has 0 N–H and O–H groups in total. The molecule has 0 bridgehead atoms. The molecule has 0 spiro atoms. The van der Waals surface area contributed by atoms with Gasteiger partial charge in [-0.2, -0.15) is 0 Å². The van der Waals surface area contributed by atoms with Crippen molar-refractivity contribution in [2.24, 2.45) is 5.41 Å². The van der Waals surface area contributed by atoms with Crippen molar-refractivity contribution in [3.63, 3.8) is 0 Å². The molecular formula is C18H26N4O8. The number of hydrogen-bond acceptors (Lipinski definition) is 9. The Morgan fingerprint density at radius 2 is 1.50 bits per heavy atom. The van der Waals surface area contributed by atoms with Crippen LogP contribution in [0.3, 0.4) is 0 Å². The molecule has 0 amide bonds. The molecule has 0 radical (unpaired) electrons. The van der Waals surface area contributed by atoms with Gasteiger partial charge in [0.05, 0.1) is 5.23 Å². The predicted octanol–water partition coefficient (Wildman–Crippen LogP) is 3.00. The highest BCUT2D eigenvalue weighted by Gasteiger charge is 2.82. The minimum Gasteiger partial charge on any atom is -0.264 e. The van der Waals surface area contributed by atoms with Crippen LogP contribution in [0, 0.1) is 35.8 Å². The molecule has 4 aliphatic rings. The van der Waals surface area contributed by atoms with Gasteiger partial charge in [0.2, 0.25) is 0 Å². The van der Waals surface area contributed by atoms with E-state index in [1.54, 1.807) is 13.8 Å². The third-order valence-corrected chi connectivity index (χ3v) is 8.11. The number of hydroxylamine groups is 2. The summed E-state index contributed by atoms with van der Waals surface area (Å²) in [5.74, 6) is -2.89. The van der Waals surface area contributed by atoms with Crippen LogP contribution in [0.25, 0.3) is 0 Å². The molecule has 166 valence electrons. The lowest BCUT2D eigenvalue weighted by Crippen LogP contribution is -2.70. The van der Waals surface area contributed by atoms with Gasteiger partial charge in [0, 0.05) is 23.2 Å². The van der Waals surface area contributed by atoms with E-state index in [9.17, 15) is 30.3 Å². The smallest absolute Gasteiger partial charge is 0.264 e. The molecule has 12 heteroatoms. The minimum atomic E-state index is -2.89. The highest BCUT2D eigenvalue weighted by atomic mass is 17.0. The Labute approximate surface area is 172 Å². The van der Waals surface area contributed by atoms with Crippen molar-refractivity contribution in [2.45, 2.75) is 94.2 Å². The molecule has 12 nitrogen and oxygen atoms in total. The van der Waals surface area contributed by atoms with Crippen molar-refractivity contribution in [3.05, 3.63) is 42.5 Å². The average molecular weight is 426 g/mol. The zero-order chi connectivity index (χ0) is 22.2. The lowest BCUT2D eigenvalue weighted by Gasteiger charge is -2.53. The summed E-state index contributed by atoms with van der Waals surface area (Å²) in [6, 6.07) is 0. The van der Waals surface area contributed by atoms with Crippen molar-refractivity contribution in [3.8, 4) is 0 Å². The third-order valence-electron chi connectivity index (χ3n) is 8.11. The third kappa shape index (κ3) is 2.32. The highest BCUT2D eigenvalue weighted by molar-refractivity contribution is 5.25. The summed E-state index contributed by atoms with van der Waals surface area (Å²) in [5.41, 5.74) is -3.95. The molecule has 1 unspecified atom stereocenters. The Kier molecular flexibility index (Phi) is 4.33. The van der Waals surface area contributed by atoms with Crippen molar-refractivity contribution < 1.29 is 24.4 Å². The van der Waals surface area contributed by atoms with E-state index in [-0.39, 0.29) is 17.8 Å². The van der Waals surface area contributed by atoms with Gasteiger partial charge in [-0.05, 0) is 52.4 Å². The molecular weight excluding hydrogens is 400 g/mol. The summed E-state index contributed by atoms with van der Waals surface area (Å²) in [6.07, 6.45) is 3.14. The van der Waals surface area contributed by atoms with Gasteiger partial charge in [-0.15, -0.1) is 0 Å². The van der Waals surface area contributed by atoms with Crippen LogP contribution < -0.4 is 0 Å². The summed E-state index contributed by atoms with van der Waals surface area (Å²) in [5, 5.41) is 36.4. The van der Waals surface area contributed by atoms with Gasteiger partial charge in [0.15, 0.2) is 5.60 Å². The molecule has 0 aromatic heterocycles. The van der Waals surface area contributed by atoms with Crippen LogP contribution in [0.2, 0.25) is 0 Å². The molecule has 0 aromatic carbocycles. The van der Waals surface area contributed by atoms with Crippen molar-refractivity contribution in [2.75, 3.05) is 0 Å². The van der Waals surface area contributed by atoms with E-state index in [0.29, 0.717) is 43.8 Å². The maximum absolute atomic E-state index is 12.0. The van der Waals surface area contributed by atoms with E-state index in [0.717, 1.165) is 5.57 Å². The van der Waals surface area contributed by atoms with Crippen LogP contribution in [0.5, 0.6) is 0 Å². The average Bonchev–Trinajstić information content (AvgIpc) is 3.32. The molecule has 4 fully saturated rings. The van der Waals surface area contributed by atoms with Crippen LogP contribution in [-0.2, 0) is 9.68 Å². The van der Waals surface area contributed by atoms with E-state index < -0.39 is 44.2 Å². The van der Waals surface area contributed by atoms with Gasteiger partial charge >= 0.3 is 5.79 Å². The van der Waals surface area contributed by atoms with Crippen LogP contribution in [0.4, 0.5) is 0 Å². The second-order valence-electron chi connectivity index (χ2n) is 9.49. The van der Waals surface area contributed by atoms with E-state index in [4.69, 9.17) is 9.68 Å². The Balaban J connectivity index is 1.75. The predicted molar refractivity (Wildman–Crippen MR) is 100 cm³/mol. The maximum Gasteiger partial charge on any atom is 0.569 e. The Bertz CT molecular complexity index is 818. The number of rotatable bonds is 8. The Hall–Kier alpha value is -2.18. The lowest BCUT2D eigenvalue weighted by atomic mass is 9.57. The van der Waals surface area contributed by atoms with Crippen LogP contribution >= 0.6 is 0 Å². The summed E-state index contributed by atoms with van der Waals surface area (Å²) in [6.45, 7) is 7.33. The first-order valence-electron chi connectivity index (χ1n) is 10.2. The molecule has 1 saturated heterocycles. The van der Waals surface area contributed by atoms with Gasteiger partial charge in [-0.1, -0.05) is 12.2 Å². The lowest BCUT2D eigenvalue weighted by molar-refractivity contribution is -0.855. The fourth-order valence-corrected chi connectivity index (χ4v) is 5.63. The second kappa shape index (κ2) is 6.17. The largest absolute Gasteiger partial charge is 0.569 e. The van der Waals surface area contributed by atoms with Gasteiger partial charge < -0.3 is 0 Å². The first-order valence-corrected chi connectivity index (χ1v) is 10.2. The molecule has 30 heavy (non-hydrogen) atoms. The zero-order valence-corrected chi connectivity index (χ0v) is 17.1. The standard InChI is InChI=1S/C18H26N4O8/c1-13(2)15(10-11-15)14(3)12-18(20(25)26,21(27)28)22(29-14)30-17(8-5-9-17)16(19(23)24)6-4-7-16/h1,4-12H2,2-3H3.